The van der Waals surface area contributed by atoms with Crippen molar-refractivity contribution in [1.82, 2.24) is 23.7 Å². The summed E-state index contributed by atoms with van der Waals surface area (Å²) >= 11 is 0. The number of aryl methyl sites for hydroxylation is 2. The van der Waals surface area contributed by atoms with Crippen LogP contribution < -0.4 is 10.1 Å². The standard InChI is InChI=1S/C33H29FN6O5S/c1-19-8-10-26(11-9-19)46(43,44)40-18-28(30-20(2)38-39(21(30)3)17-22-6-5-7-25(34)12-22)27-13-23(16-36-32(27)40)24-14-29(45-4)31(35-15-24)37-33(41)42/h5-16,18H,17H2,1-4H3,(H,35,37)(H,41,42). The highest BCUT2D eigenvalue weighted by Crippen LogP contribution is 2.38. The molecule has 234 valence electrons. The molecule has 0 bridgehead atoms. The Labute approximate surface area is 264 Å². The molecule has 0 saturated carbocycles. The number of pyridine rings is 2. The third kappa shape index (κ3) is 5.56. The second kappa shape index (κ2) is 11.7. The Morgan fingerprint density at radius 2 is 1.72 bits per heavy atom. The maximum atomic E-state index is 14.0. The van der Waals surface area contributed by atoms with Gasteiger partial charge in [0.15, 0.2) is 17.2 Å². The number of carbonyl (C=O) groups is 1. The minimum atomic E-state index is -4.06. The lowest BCUT2D eigenvalue weighted by Gasteiger charge is -2.10. The third-order valence-electron chi connectivity index (χ3n) is 7.69. The van der Waals surface area contributed by atoms with Gasteiger partial charge in [-0.15, -0.1) is 0 Å². The van der Waals surface area contributed by atoms with Crippen molar-refractivity contribution in [2.24, 2.45) is 0 Å². The SMILES string of the molecule is COc1cc(-c2cnc3c(c2)c(-c2c(C)nn(Cc4cccc(F)c4)c2C)cn3S(=O)(=O)c2ccc(C)cc2)cnc1NC(=O)O. The Balaban J connectivity index is 1.55. The van der Waals surface area contributed by atoms with Crippen molar-refractivity contribution in [2.45, 2.75) is 32.2 Å². The molecule has 11 nitrogen and oxygen atoms in total. The molecule has 2 N–H and O–H groups in total. The van der Waals surface area contributed by atoms with Gasteiger partial charge in [-0.05, 0) is 62.7 Å². The van der Waals surface area contributed by atoms with Gasteiger partial charge in [-0.3, -0.25) is 10.00 Å². The molecule has 4 aromatic heterocycles. The van der Waals surface area contributed by atoms with Crippen molar-refractivity contribution in [3.8, 4) is 28.0 Å². The molecule has 2 aromatic carbocycles. The summed E-state index contributed by atoms with van der Waals surface area (Å²) in [6.45, 7) is 5.91. The number of amides is 1. The van der Waals surface area contributed by atoms with Gasteiger partial charge >= 0.3 is 6.09 Å². The van der Waals surface area contributed by atoms with E-state index in [1.807, 2.05) is 32.9 Å². The number of nitrogens with one attached hydrogen (secondary N) is 1. The molecule has 0 aliphatic heterocycles. The highest BCUT2D eigenvalue weighted by molar-refractivity contribution is 7.90. The predicted molar refractivity (Wildman–Crippen MR) is 171 cm³/mol. The van der Waals surface area contributed by atoms with Crippen LogP contribution in [-0.2, 0) is 16.6 Å². The highest BCUT2D eigenvalue weighted by Gasteiger charge is 2.26. The largest absolute Gasteiger partial charge is 0.493 e. The first-order chi connectivity index (χ1) is 22.0. The highest BCUT2D eigenvalue weighted by atomic mass is 32.2. The summed E-state index contributed by atoms with van der Waals surface area (Å²) in [6.07, 6.45) is 3.27. The number of hydrogen-bond donors (Lipinski definition) is 2. The van der Waals surface area contributed by atoms with E-state index in [2.05, 4.69) is 15.3 Å². The Morgan fingerprint density at radius 3 is 2.41 bits per heavy atom. The Kier molecular flexibility index (Phi) is 7.78. The quantitative estimate of drug-likeness (QED) is 0.194. The number of aromatic nitrogens is 5. The molecule has 6 rings (SSSR count). The number of benzene rings is 2. The maximum Gasteiger partial charge on any atom is 0.410 e. The fraction of sp³-hybridized carbons (Fsp3) is 0.152. The van der Waals surface area contributed by atoms with Crippen LogP contribution in [0.15, 0.2) is 84.1 Å². The number of hydrogen-bond acceptors (Lipinski definition) is 7. The van der Waals surface area contributed by atoms with E-state index >= 15 is 0 Å². The smallest absolute Gasteiger partial charge is 0.410 e. The number of fused-ring (bicyclic) bond motifs is 1. The molecule has 4 heterocycles. The van der Waals surface area contributed by atoms with Gasteiger partial charge in [0.2, 0.25) is 0 Å². The summed E-state index contributed by atoms with van der Waals surface area (Å²) in [7, 11) is -2.66. The number of nitrogens with zero attached hydrogens (tertiary/aromatic N) is 5. The van der Waals surface area contributed by atoms with Gasteiger partial charge in [0.25, 0.3) is 10.0 Å². The lowest BCUT2D eigenvalue weighted by atomic mass is 10.0. The van der Waals surface area contributed by atoms with Gasteiger partial charge < -0.3 is 9.84 Å². The summed E-state index contributed by atoms with van der Waals surface area (Å²) in [6, 6.07) is 16.3. The Hall–Kier alpha value is -5.56. The first-order valence-electron chi connectivity index (χ1n) is 14.1. The zero-order chi connectivity index (χ0) is 32.7. The Morgan fingerprint density at radius 1 is 1.00 bits per heavy atom. The molecule has 46 heavy (non-hydrogen) atoms. The van der Waals surface area contributed by atoms with Crippen LogP contribution in [0.3, 0.4) is 0 Å². The number of rotatable bonds is 8. The van der Waals surface area contributed by atoms with Crippen LogP contribution in [0.2, 0.25) is 0 Å². The zero-order valence-corrected chi connectivity index (χ0v) is 26.1. The van der Waals surface area contributed by atoms with Gasteiger partial charge in [-0.2, -0.15) is 5.10 Å². The first kappa shape index (κ1) is 30.5. The van der Waals surface area contributed by atoms with E-state index in [0.717, 1.165) is 22.4 Å². The number of methoxy groups -OCH3 is 1. The molecule has 0 spiro atoms. The van der Waals surface area contributed by atoms with E-state index in [1.165, 1.54) is 35.6 Å². The fourth-order valence-electron chi connectivity index (χ4n) is 5.45. The molecule has 0 aliphatic carbocycles. The van der Waals surface area contributed by atoms with Crippen LogP contribution in [0.5, 0.6) is 5.75 Å². The van der Waals surface area contributed by atoms with Crippen LogP contribution in [-0.4, -0.2) is 50.4 Å². The van der Waals surface area contributed by atoms with Crippen LogP contribution >= 0.6 is 0 Å². The average molecular weight is 641 g/mol. The molecule has 0 aliphatic rings. The molecule has 6 aromatic rings. The van der Waals surface area contributed by atoms with Crippen molar-refractivity contribution in [1.29, 1.82) is 0 Å². The van der Waals surface area contributed by atoms with Gasteiger partial charge in [0.1, 0.15) is 5.82 Å². The van der Waals surface area contributed by atoms with Crippen molar-refractivity contribution in [3.05, 3.63) is 108 Å². The van der Waals surface area contributed by atoms with Crippen LogP contribution in [0.25, 0.3) is 33.3 Å². The van der Waals surface area contributed by atoms with Gasteiger partial charge in [0, 0.05) is 51.9 Å². The molecule has 0 radical (unpaired) electrons. The van der Waals surface area contributed by atoms with Gasteiger partial charge in [-0.25, -0.2) is 31.5 Å². The van der Waals surface area contributed by atoms with E-state index < -0.39 is 16.1 Å². The molecular formula is C33H29FN6O5S. The average Bonchev–Trinajstić information content (AvgIpc) is 3.53. The van der Waals surface area contributed by atoms with Crippen LogP contribution in [0, 0.1) is 26.6 Å². The first-order valence-corrected chi connectivity index (χ1v) is 15.6. The summed E-state index contributed by atoms with van der Waals surface area (Å²) in [4.78, 5) is 20.1. The lowest BCUT2D eigenvalue weighted by molar-refractivity contribution is 0.209. The van der Waals surface area contributed by atoms with Crippen molar-refractivity contribution < 1.29 is 27.4 Å². The summed E-state index contributed by atoms with van der Waals surface area (Å²) in [5, 5.41) is 16.6. The maximum absolute atomic E-state index is 14.0. The number of halogens is 1. The number of carboxylic acid groups (broad SMARTS) is 1. The van der Waals surface area contributed by atoms with Crippen LogP contribution in [0.1, 0.15) is 22.5 Å². The molecule has 0 atom stereocenters. The molecule has 13 heteroatoms. The van der Waals surface area contributed by atoms with Crippen molar-refractivity contribution in [2.75, 3.05) is 12.4 Å². The second-order valence-electron chi connectivity index (χ2n) is 10.8. The van der Waals surface area contributed by atoms with E-state index in [4.69, 9.17) is 14.9 Å². The normalized spacial score (nSPS) is 11.6. The van der Waals surface area contributed by atoms with E-state index in [1.54, 1.807) is 47.3 Å². The van der Waals surface area contributed by atoms with Gasteiger partial charge in [0.05, 0.1) is 24.2 Å². The minimum Gasteiger partial charge on any atom is -0.493 e. The van der Waals surface area contributed by atoms with Crippen molar-refractivity contribution >= 4 is 33.0 Å². The molecule has 1 amide bonds. The van der Waals surface area contributed by atoms with Gasteiger partial charge in [-0.1, -0.05) is 29.8 Å². The number of anilines is 1. The summed E-state index contributed by atoms with van der Waals surface area (Å²) < 4.78 is 50.2. The third-order valence-corrected chi connectivity index (χ3v) is 9.36. The monoisotopic (exact) mass is 640 g/mol. The molecular weight excluding hydrogens is 611 g/mol. The lowest BCUT2D eigenvalue weighted by Crippen LogP contribution is -2.12. The summed E-state index contributed by atoms with van der Waals surface area (Å²) in [5.41, 5.74) is 5.73. The molecule has 0 saturated heterocycles. The topological polar surface area (TPSA) is 141 Å². The second-order valence-corrected chi connectivity index (χ2v) is 12.6. The minimum absolute atomic E-state index is 0.0285. The van der Waals surface area contributed by atoms with Crippen molar-refractivity contribution in [3.63, 3.8) is 0 Å². The summed E-state index contributed by atoms with van der Waals surface area (Å²) in [5.74, 6) is -0.119. The van der Waals surface area contributed by atoms with E-state index in [9.17, 15) is 17.6 Å². The fourth-order valence-corrected chi connectivity index (χ4v) is 6.77. The Bertz CT molecular complexity index is 2240. The predicted octanol–water partition coefficient (Wildman–Crippen LogP) is 6.41. The van der Waals surface area contributed by atoms with Crippen LogP contribution in [0.4, 0.5) is 15.0 Å². The number of ether oxygens (including phenoxy) is 1. The van der Waals surface area contributed by atoms with E-state index in [-0.39, 0.29) is 27.9 Å². The molecule has 0 fully saturated rings. The molecule has 0 unspecified atom stereocenters. The van der Waals surface area contributed by atoms with E-state index in [0.29, 0.717) is 34.3 Å². The zero-order valence-electron chi connectivity index (χ0n) is 25.3.